The van der Waals surface area contributed by atoms with Gasteiger partial charge in [0.05, 0.1) is 6.10 Å². The zero-order valence-electron chi connectivity index (χ0n) is 14.5. The van der Waals surface area contributed by atoms with Crippen molar-refractivity contribution in [2.24, 2.45) is 0 Å². The molecule has 3 rings (SSSR count). The number of nitrogens with one attached hydrogen (secondary N) is 1. The summed E-state index contributed by atoms with van der Waals surface area (Å²) in [5.74, 6) is 1.71. The quantitative estimate of drug-likeness (QED) is 0.936. The highest BCUT2D eigenvalue weighted by molar-refractivity contribution is 5.95. The molecule has 0 saturated carbocycles. The van der Waals surface area contributed by atoms with Crippen LogP contribution in [0.5, 0.6) is 5.75 Å². The molecule has 5 heteroatoms. The molecule has 0 radical (unpaired) electrons. The van der Waals surface area contributed by atoms with Crippen LogP contribution in [0, 0.1) is 0 Å². The first-order valence-electron chi connectivity index (χ1n) is 8.18. The van der Waals surface area contributed by atoms with Gasteiger partial charge in [-0.1, -0.05) is 12.1 Å². The van der Waals surface area contributed by atoms with Gasteiger partial charge in [-0.3, -0.25) is 4.79 Å². The van der Waals surface area contributed by atoms with E-state index in [1.54, 1.807) is 0 Å². The van der Waals surface area contributed by atoms with Gasteiger partial charge in [0.15, 0.2) is 0 Å². The molecule has 1 aromatic carbocycles. The van der Waals surface area contributed by atoms with Crippen molar-refractivity contribution in [3.05, 3.63) is 47.7 Å². The lowest BCUT2D eigenvalue weighted by Gasteiger charge is -2.27. The minimum atomic E-state index is 0.0190. The fraction of sp³-hybridized carbons (Fsp3) is 0.368. The molecule has 1 amide bonds. The summed E-state index contributed by atoms with van der Waals surface area (Å²) in [5.41, 5.74) is 2.98. The summed E-state index contributed by atoms with van der Waals surface area (Å²) in [4.78, 5) is 18.6. The zero-order valence-corrected chi connectivity index (χ0v) is 14.5. The molecular weight excluding hydrogens is 302 g/mol. The van der Waals surface area contributed by atoms with Gasteiger partial charge in [0.2, 0.25) is 5.91 Å². The molecule has 24 heavy (non-hydrogen) atoms. The van der Waals surface area contributed by atoms with Crippen LogP contribution in [0.3, 0.4) is 0 Å². The summed E-state index contributed by atoms with van der Waals surface area (Å²) >= 11 is 0. The van der Waals surface area contributed by atoms with Crippen LogP contribution in [0.25, 0.3) is 0 Å². The highest BCUT2D eigenvalue weighted by Crippen LogP contribution is 2.38. The Morgan fingerprint density at radius 3 is 2.67 bits per heavy atom. The molecule has 0 saturated heterocycles. The molecule has 126 valence electrons. The second kappa shape index (κ2) is 6.51. The molecule has 0 aliphatic carbocycles. The Labute approximate surface area is 142 Å². The summed E-state index contributed by atoms with van der Waals surface area (Å²) in [7, 11) is 3.92. The van der Waals surface area contributed by atoms with Gasteiger partial charge in [-0.15, -0.1) is 0 Å². The van der Waals surface area contributed by atoms with Crippen LogP contribution in [-0.2, 0) is 4.79 Å². The van der Waals surface area contributed by atoms with Crippen molar-refractivity contribution >= 4 is 17.4 Å². The summed E-state index contributed by atoms with van der Waals surface area (Å²) in [6.45, 7) is 3.97. The fourth-order valence-corrected chi connectivity index (χ4v) is 2.96. The van der Waals surface area contributed by atoms with Crippen molar-refractivity contribution < 1.29 is 9.53 Å². The number of benzene rings is 1. The van der Waals surface area contributed by atoms with Crippen LogP contribution in [-0.4, -0.2) is 31.1 Å². The Bertz CT molecular complexity index is 739. The van der Waals surface area contributed by atoms with Crippen LogP contribution in [0.15, 0.2) is 36.5 Å². The van der Waals surface area contributed by atoms with Crippen LogP contribution in [0.2, 0.25) is 0 Å². The van der Waals surface area contributed by atoms with Crippen LogP contribution in [0.1, 0.15) is 37.3 Å². The molecule has 0 fully saturated rings. The molecule has 1 aromatic heterocycles. The Morgan fingerprint density at radius 2 is 2.04 bits per heavy atom. The Kier molecular flexibility index (Phi) is 4.42. The summed E-state index contributed by atoms with van der Waals surface area (Å²) < 4.78 is 5.73. The monoisotopic (exact) mass is 325 g/mol. The SMILES string of the molecule is CC(C)Oc1ccc2c(c1)NC(=O)CC2c1ccc(N(C)C)nc1. The van der Waals surface area contributed by atoms with Gasteiger partial charge in [-0.05, 0) is 37.1 Å². The van der Waals surface area contributed by atoms with Crippen molar-refractivity contribution in [1.82, 2.24) is 4.98 Å². The van der Waals surface area contributed by atoms with Crippen LogP contribution in [0.4, 0.5) is 11.5 Å². The normalized spacial score (nSPS) is 16.5. The first-order chi connectivity index (χ1) is 11.4. The number of fused-ring (bicyclic) bond motifs is 1. The molecule has 5 nitrogen and oxygen atoms in total. The molecule has 1 atom stereocenters. The number of aromatic nitrogens is 1. The number of nitrogens with zero attached hydrogens (tertiary/aromatic N) is 2. The molecule has 0 bridgehead atoms. The maximum Gasteiger partial charge on any atom is 0.225 e. The number of rotatable bonds is 4. The van der Waals surface area contributed by atoms with E-state index in [1.165, 1.54) is 0 Å². The first kappa shape index (κ1) is 16.3. The van der Waals surface area contributed by atoms with E-state index < -0.39 is 0 Å². The van der Waals surface area contributed by atoms with Gasteiger partial charge in [-0.25, -0.2) is 4.98 Å². The van der Waals surface area contributed by atoms with E-state index in [1.807, 2.05) is 69.4 Å². The number of pyridine rings is 1. The van der Waals surface area contributed by atoms with Crippen molar-refractivity contribution in [2.75, 3.05) is 24.3 Å². The smallest absolute Gasteiger partial charge is 0.225 e. The Hall–Kier alpha value is -2.56. The molecule has 1 aliphatic heterocycles. The maximum absolute atomic E-state index is 12.1. The minimum absolute atomic E-state index is 0.0190. The lowest BCUT2D eigenvalue weighted by molar-refractivity contribution is -0.116. The topological polar surface area (TPSA) is 54.5 Å². The van der Waals surface area contributed by atoms with Gasteiger partial charge in [-0.2, -0.15) is 0 Å². The number of ether oxygens (including phenoxy) is 1. The fourth-order valence-electron chi connectivity index (χ4n) is 2.96. The van der Waals surface area contributed by atoms with Crippen LogP contribution >= 0.6 is 0 Å². The lowest BCUT2D eigenvalue weighted by Crippen LogP contribution is -2.24. The number of amides is 1. The number of hydrogen-bond acceptors (Lipinski definition) is 4. The second-order valence-corrected chi connectivity index (χ2v) is 6.56. The summed E-state index contributed by atoms with van der Waals surface area (Å²) in [6.07, 6.45) is 2.39. The predicted octanol–water partition coefficient (Wildman–Crippen LogP) is 3.41. The number of carbonyl (C=O) groups is 1. The zero-order chi connectivity index (χ0) is 17.3. The molecule has 1 aliphatic rings. The average molecular weight is 325 g/mol. The summed E-state index contributed by atoms with van der Waals surface area (Å²) in [6, 6.07) is 9.94. The van der Waals surface area contributed by atoms with Crippen molar-refractivity contribution in [3.63, 3.8) is 0 Å². The van der Waals surface area contributed by atoms with E-state index in [-0.39, 0.29) is 17.9 Å². The van der Waals surface area contributed by atoms with Crippen molar-refractivity contribution in [2.45, 2.75) is 32.3 Å². The molecule has 2 heterocycles. The molecule has 1 N–H and O–H groups in total. The molecule has 0 spiro atoms. The number of carbonyl (C=O) groups excluding carboxylic acids is 1. The van der Waals surface area contributed by atoms with Crippen molar-refractivity contribution in [1.29, 1.82) is 0 Å². The van der Waals surface area contributed by atoms with E-state index in [0.717, 1.165) is 28.4 Å². The van der Waals surface area contributed by atoms with Gasteiger partial charge < -0.3 is 15.0 Å². The second-order valence-electron chi connectivity index (χ2n) is 6.56. The lowest BCUT2D eigenvalue weighted by atomic mass is 9.85. The molecule has 2 aromatic rings. The van der Waals surface area contributed by atoms with E-state index in [2.05, 4.69) is 10.3 Å². The standard InChI is InChI=1S/C19H23N3O2/c1-12(2)24-14-6-7-15-16(10-19(23)21-17(15)9-14)13-5-8-18(20-11-13)22(3)4/h5-9,11-12,16H,10H2,1-4H3,(H,21,23). The van der Waals surface area contributed by atoms with E-state index >= 15 is 0 Å². The Balaban J connectivity index is 1.95. The average Bonchev–Trinajstić information content (AvgIpc) is 2.53. The molecular formula is C19H23N3O2. The van der Waals surface area contributed by atoms with Gasteiger partial charge in [0.1, 0.15) is 11.6 Å². The van der Waals surface area contributed by atoms with E-state index in [9.17, 15) is 4.79 Å². The van der Waals surface area contributed by atoms with Crippen molar-refractivity contribution in [3.8, 4) is 5.75 Å². The van der Waals surface area contributed by atoms with Gasteiger partial charge in [0, 0.05) is 44.4 Å². The highest BCUT2D eigenvalue weighted by atomic mass is 16.5. The van der Waals surface area contributed by atoms with E-state index in [4.69, 9.17) is 4.74 Å². The number of hydrogen-bond donors (Lipinski definition) is 1. The van der Waals surface area contributed by atoms with E-state index in [0.29, 0.717) is 6.42 Å². The third-order valence-corrected chi connectivity index (χ3v) is 4.07. The van der Waals surface area contributed by atoms with Gasteiger partial charge >= 0.3 is 0 Å². The highest BCUT2D eigenvalue weighted by Gasteiger charge is 2.27. The largest absolute Gasteiger partial charge is 0.491 e. The summed E-state index contributed by atoms with van der Waals surface area (Å²) in [5, 5.41) is 2.96. The third-order valence-electron chi connectivity index (χ3n) is 4.07. The van der Waals surface area contributed by atoms with Crippen LogP contribution < -0.4 is 15.0 Å². The predicted molar refractivity (Wildman–Crippen MR) is 95.9 cm³/mol. The van der Waals surface area contributed by atoms with Gasteiger partial charge in [0.25, 0.3) is 0 Å². The minimum Gasteiger partial charge on any atom is -0.491 e. The molecule has 1 unspecified atom stereocenters. The first-order valence-corrected chi connectivity index (χ1v) is 8.18. The Morgan fingerprint density at radius 1 is 1.25 bits per heavy atom. The third kappa shape index (κ3) is 3.35. The number of anilines is 2. The maximum atomic E-state index is 12.1.